The molecule has 3 rings (SSSR count). The molecule has 5 nitrogen and oxygen atoms in total. The van der Waals surface area contributed by atoms with Crippen molar-refractivity contribution < 1.29 is 14.3 Å². The summed E-state index contributed by atoms with van der Waals surface area (Å²) in [6.07, 6.45) is 0. The maximum absolute atomic E-state index is 12.6. The Hall–Kier alpha value is -3.08. The fourth-order valence-electron chi connectivity index (χ4n) is 2.68. The number of benzene rings is 2. The van der Waals surface area contributed by atoms with Crippen molar-refractivity contribution >= 4 is 22.8 Å². The number of hydrogen-bond donors (Lipinski definition) is 2. The van der Waals surface area contributed by atoms with E-state index in [1.165, 1.54) is 7.11 Å². The number of carbonyl (C=O) groups is 2. The van der Waals surface area contributed by atoms with E-state index in [-0.39, 0.29) is 5.91 Å². The van der Waals surface area contributed by atoms with Crippen LogP contribution in [-0.2, 0) is 9.53 Å². The molecule has 1 atom stereocenters. The summed E-state index contributed by atoms with van der Waals surface area (Å²) in [5, 5.41) is 3.69. The van der Waals surface area contributed by atoms with Gasteiger partial charge in [0.05, 0.1) is 7.11 Å². The van der Waals surface area contributed by atoms with Gasteiger partial charge in [0.25, 0.3) is 5.91 Å². The molecule has 0 aliphatic heterocycles. The zero-order valence-corrected chi connectivity index (χ0v) is 13.5. The summed E-state index contributed by atoms with van der Waals surface area (Å²) in [6.45, 7) is 1.97. The van der Waals surface area contributed by atoms with Crippen LogP contribution in [0.4, 0.5) is 0 Å². The highest BCUT2D eigenvalue weighted by Gasteiger charge is 2.24. The minimum Gasteiger partial charge on any atom is -0.467 e. The van der Waals surface area contributed by atoms with Gasteiger partial charge in [0.2, 0.25) is 0 Å². The first-order valence-electron chi connectivity index (χ1n) is 7.62. The second kappa shape index (κ2) is 6.58. The van der Waals surface area contributed by atoms with E-state index in [9.17, 15) is 9.59 Å². The van der Waals surface area contributed by atoms with E-state index >= 15 is 0 Å². The van der Waals surface area contributed by atoms with Crippen molar-refractivity contribution in [2.45, 2.75) is 13.0 Å². The summed E-state index contributed by atoms with van der Waals surface area (Å²) < 4.78 is 4.82. The van der Waals surface area contributed by atoms with E-state index in [1.54, 1.807) is 18.2 Å². The molecule has 0 radical (unpaired) electrons. The monoisotopic (exact) mass is 322 g/mol. The largest absolute Gasteiger partial charge is 0.467 e. The third-order valence-corrected chi connectivity index (χ3v) is 3.95. The highest BCUT2D eigenvalue weighted by Crippen LogP contribution is 2.20. The maximum atomic E-state index is 12.6. The second-order valence-corrected chi connectivity index (χ2v) is 5.56. The van der Waals surface area contributed by atoms with E-state index in [4.69, 9.17) is 4.74 Å². The first-order chi connectivity index (χ1) is 11.6. The van der Waals surface area contributed by atoms with Crippen LogP contribution >= 0.6 is 0 Å². The molecule has 122 valence electrons. The number of ether oxygens (including phenoxy) is 1. The summed E-state index contributed by atoms with van der Waals surface area (Å²) in [6, 6.07) is 15.8. The van der Waals surface area contributed by atoms with Crippen LogP contribution in [0, 0.1) is 6.92 Å². The molecular formula is C19H18N2O3. The number of fused-ring (bicyclic) bond motifs is 1. The Morgan fingerprint density at radius 2 is 1.83 bits per heavy atom. The van der Waals surface area contributed by atoms with E-state index in [0.717, 1.165) is 16.5 Å². The molecule has 2 N–H and O–H groups in total. The molecule has 0 aliphatic rings. The van der Waals surface area contributed by atoms with Crippen molar-refractivity contribution in [3.8, 4) is 0 Å². The fraction of sp³-hybridized carbons (Fsp3) is 0.158. The normalized spacial score (nSPS) is 11.9. The highest BCUT2D eigenvalue weighted by molar-refractivity contribution is 6.00. The van der Waals surface area contributed by atoms with E-state index < -0.39 is 12.0 Å². The minimum atomic E-state index is -0.851. The van der Waals surface area contributed by atoms with Crippen LogP contribution in [0.25, 0.3) is 10.9 Å². The molecule has 0 saturated heterocycles. The summed E-state index contributed by atoms with van der Waals surface area (Å²) in [4.78, 5) is 27.8. The zero-order chi connectivity index (χ0) is 17.1. The van der Waals surface area contributed by atoms with Gasteiger partial charge in [0.15, 0.2) is 6.04 Å². The SMILES string of the molecule is COC(=O)C(NC(=O)c1cc2cccc(C)c2[nH]1)c1ccccc1. The Kier molecular flexibility index (Phi) is 4.33. The first kappa shape index (κ1) is 15.8. The molecular weight excluding hydrogens is 304 g/mol. The third-order valence-electron chi connectivity index (χ3n) is 3.95. The predicted molar refractivity (Wildman–Crippen MR) is 91.7 cm³/mol. The smallest absolute Gasteiger partial charge is 0.333 e. The summed E-state index contributed by atoms with van der Waals surface area (Å²) in [5.74, 6) is -0.869. The average molecular weight is 322 g/mol. The van der Waals surface area contributed by atoms with Crippen LogP contribution in [-0.4, -0.2) is 24.0 Å². The van der Waals surface area contributed by atoms with Gasteiger partial charge in [-0.1, -0.05) is 48.5 Å². The van der Waals surface area contributed by atoms with Crippen molar-refractivity contribution in [1.29, 1.82) is 0 Å². The van der Waals surface area contributed by atoms with Crippen molar-refractivity contribution in [2.75, 3.05) is 7.11 Å². The van der Waals surface area contributed by atoms with Crippen LogP contribution in [0.15, 0.2) is 54.6 Å². The van der Waals surface area contributed by atoms with Crippen LogP contribution in [0.3, 0.4) is 0 Å². The molecule has 5 heteroatoms. The van der Waals surface area contributed by atoms with Crippen LogP contribution in [0.2, 0.25) is 0 Å². The van der Waals surface area contributed by atoms with Gasteiger partial charge in [0.1, 0.15) is 5.69 Å². The molecule has 2 aromatic carbocycles. The summed E-state index contributed by atoms with van der Waals surface area (Å²) in [7, 11) is 1.30. The molecule has 0 bridgehead atoms. The molecule has 0 aliphatic carbocycles. The number of para-hydroxylation sites is 1. The number of aromatic amines is 1. The van der Waals surface area contributed by atoms with Crippen LogP contribution in [0.1, 0.15) is 27.7 Å². The number of amides is 1. The number of methoxy groups -OCH3 is 1. The van der Waals surface area contributed by atoms with Crippen LogP contribution in [0.5, 0.6) is 0 Å². The highest BCUT2D eigenvalue weighted by atomic mass is 16.5. The number of nitrogens with one attached hydrogen (secondary N) is 2. The van der Waals surface area contributed by atoms with Crippen LogP contribution < -0.4 is 5.32 Å². The number of aryl methyl sites for hydroxylation is 1. The first-order valence-corrected chi connectivity index (χ1v) is 7.62. The molecule has 0 spiro atoms. The summed E-state index contributed by atoms with van der Waals surface area (Å²) >= 11 is 0. The van der Waals surface area contributed by atoms with Gasteiger partial charge in [-0.05, 0) is 24.1 Å². The van der Waals surface area contributed by atoms with Gasteiger partial charge < -0.3 is 15.0 Å². The standard InChI is InChI=1S/C19H18N2O3/c1-12-7-6-10-14-11-15(20-16(12)14)18(22)21-17(19(23)24-2)13-8-4-3-5-9-13/h3-11,17,20H,1-2H3,(H,21,22). The van der Waals surface area contributed by atoms with Crippen molar-refractivity contribution in [3.63, 3.8) is 0 Å². The van der Waals surface area contributed by atoms with Gasteiger partial charge >= 0.3 is 5.97 Å². The average Bonchev–Trinajstić information content (AvgIpc) is 3.05. The van der Waals surface area contributed by atoms with E-state index in [1.807, 2.05) is 43.3 Å². The number of aromatic nitrogens is 1. The topological polar surface area (TPSA) is 71.2 Å². The lowest BCUT2D eigenvalue weighted by molar-refractivity contribution is -0.143. The van der Waals surface area contributed by atoms with Crippen molar-refractivity contribution in [1.82, 2.24) is 10.3 Å². The van der Waals surface area contributed by atoms with Gasteiger partial charge in [-0.15, -0.1) is 0 Å². The number of esters is 1. The number of carbonyl (C=O) groups excluding carboxylic acids is 2. The van der Waals surface area contributed by atoms with Gasteiger partial charge in [-0.25, -0.2) is 4.79 Å². The lowest BCUT2D eigenvalue weighted by atomic mass is 10.1. The van der Waals surface area contributed by atoms with E-state index in [0.29, 0.717) is 11.3 Å². The van der Waals surface area contributed by atoms with Crippen molar-refractivity contribution in [3.05, 3.63) is 71.4 Å². The van der Waals surface area contributed by atoms with Gasteiger partial charge in [0, 0.05) is 10.9 Å². The Morgan fingerprint density at radius 3 is 2.50 bits per heavy atom. The van der Waals surface area contributed by atoms with E-state index in [2.05, 4.69) is 10.3 Å². The summed E-state index contributed by atoms with van der Waals surface area (Å²) in [5.41, 5.74) is 3.05. The third kappa shape index (κ3) is 3.01. The fourth-order valence-corrected chi connectivity index (χ4v) is 2.68. The Balaban J connectivity index is 1.90. The quantitative estimate of drug-likeness (QED) is 0.725. The number of rotatable bonds is 4. The molecule has 1 aromatic heterocycles. The lowest BCUT2D eigenvalue weighted by Gasteiger charge is -2.16. The molecule has 3 aromatic rings. The number of H-pyrrole nitrogens is 1. The molecule has 1 unspecified atom stereocenters. The Morgan fingerprint density at radius 1 is 1.08 bits per heavy atom. The Labute approximate surface area is 139 Å². The lowest BCUT2D eigenvalue weighted by Crippen LogP contribution is -2.34. The zero-order valence-electron chi connectivity index (χ0n) is 13.5. The number of hydrogen-bond acceptors (Lipinski definition) is 3. The minimum absolute atomic E-state index is 0.357. The predicted octanol–water partition coefficient (Wildman–Crippen LogP) is 3.12. The Bertz CT molecular complexity index is 884. The van der Waals surface area contributed by atoms with Gasteiger partial charge in [-0.3, -0.25) is 4.79 Å². The molecule has 24 heavy (non-hydrogen) atoms. The van der Waals surface area contributed by atoms with Crippen molar-refractivity contribution in [2.24, 2.45) is 0 Å². The van der Waals surface area contributed by atoms with Gasteiger partial charge in [-0.2, -0.15) is 0 Å². The second-order valence-electron chi connectivity index (χ2n) is 5.56. The molecule has 1 amide bonds. The molecule has 0 fully saturated rings. The molecule has 0 saturated carbocycles. The maximum Gasteiger partial charge on any atom is 0.333 e. The molecule has 1 heterocycles.